The van der Waals surface area contributed by atoms with Gasteiger partial charge in [0.2, 0.25) is 5.91 Å². The van der Waals surface area contributed by atoms with Crippen molar-refractivity contribution >= 4 is 11.7 Å². The van der Waals surface area contributed by atoms with Crippen molar-refractivity contribution in [3.63, 3.8) is 0 Å². The minimum Gasteiger partial charge on any atom is -0.492 e. The van der Waals surface area contributed by atoms with Crippen LogP contribution in [0.25, 0.3) is 11.5 Å². The van der Waals surface area contributed by atoms with Crippen LogP contribution in [0, 0.1) is 0 Å². The maximum absolute atomic E-state index is 12.5. The SMILES string of the molecule is CN(C)CCOc1ccnc(-c2nc3c(c(N(C)CC(=O)NC(C)(C)C)n2)CCC3)c1. The van der Waals surface area contributed by atoms with E-state index in [9.17, 15) is 4.79 Å². The number of ether oxygens (including phenoxy) is 1. The van der Waals surface area contributed by atoms with Gasteiger partial charge in [0, 0.05) is 42.7 Å². The molecule has 0 radical (unpaired) electrons. The second-order valence-corrected chi connectivity index (χ2v) is 9.33. The number of nitrogens with zero attached hydrogens (tertiary/aromatic N) is 5. The molecule has 0 saturated carbocycles. The van der Waals surface area contributed by atoms with E-state index in [0.717, 1.165) is 48.6 Å². The molecule has 0 unspecified atom stereocenters. The number of fused-ring (bicyclic) bond motifs is 1. The molecule has 0 spiro atoms. The number of hydrogen-bond donors (Lipinski definition) is 1. The minimum absolute atomic E-state index is 0.0312. The van der Waals surface area contributed by atoms with E-state index in [-0.39, 0.29) is 18.0 Å². The first-order valence-electron chi connectivity index (χ1n) is 10.8. The smallest absolute Gasteiger partial charge is 0.239 e. The van der Waals surface area contributed by atoms with Gasteiger partial charge in [0.25, 0.3) is 0 Å². The highest BCUT2D eigenvalue weighted by Crippen LogP contribution is 2.31. The van der Waals surface area contributed by atoms with Crippen LogP contribution in [0.5, 0.6) is 5.75 Å². The molecule has 0 saturated heterocycles. The van der Waals surface area contributed by atoms with Gasteiger partial charge in [0.15, 0.2) is 5.82 Å². The average molecular weight is 427 g/mol. The van der Waals surface area contributed by atoms with Crippen LogP contribution in [0.15, 0.2) is 18.3 Å². The highest BCUT2D eigenvalue weighted by Gasteiger charge is 2.24. The number of aromatic nitrogens is 3. The van der Waals surface area contributed by atoms with Crippen molar-refractivity contribution in [3.8, 4) is 17.3 Å². The lowest BCUT2D eigenvalue weighted by atomic mass is 10.1. The van der Waals surface area contributed by atoms with Crippen LogP contribution in [-0.4, -0.2) is 72.1 Å². The summed E-state index contributed by atoms with van der Waals surface area (Å²) >= 11 is 0. The lowest BCUT2D eigenvalue weighted by Crippen LogP contribution is -2.45. The molecule has 8 nitrogen and oxygen atoms in total. The summed E-state index contributed by atoms with van der Waals surface area (Å²) in [7, 11) is 5.93. The maximum Gasteiger partial charge on any atom is 0.239 e. The number of carbonyl (C=O) groups is 1. The number of carbonyl (C=O) groups excluding carboxylic acids is 1. The van der Waals surface area contributed by atoms with Crippen molar-refractivity contribution in [2.45, 2.75) is 45.6 Å². The highest BCUT2D eigenvalue weighted by atomic mass is 16.5. The molecular formula is C23H34N6O2. The van der Waals surface area contributed by atoms with E-state index in [2.05, 4.69) is 15.2 Å². The molecule has 2 heterocycles. The van der Waals surface area contributed by atoms with Gasteiger partial charge in [-0.1, -0.05) is 0 Å². The molecule has 0 bridgehead atoms. The predicted octanol–water partition coefficient (Wildman–Crippen LogP) is 2.32. The van der Waals surface area contributed by atoms with Crippen molar-refractivity contribution in [2.24, 2.45) is 0 Å². The van der Waals surface area contributed by atoms with Crippen LogP contribution < -0.4 is 15.0 Å². The summed E-state index contributed by atoms with van der Waals surface area (Å²) < 4.78 is 5.85. The number of rotatable bonds is 8. The zero-order chi connectivity index (χ0) is 22.6. The van der Waals surface area contributed by atoms with Gasteiger partial charge in [-0.15, -0.1) is 0 Å². The van der Waals surface area contributed by atoms with Crippen molar-refractivity contribution in [3.05, 3.63) is 29.6 Å². The van der Waals surface area contributed by atoms with Gasteiger partial charge >= 0.3 is 0 Å². The summed E-state index contributed by atoms with van der Waals surface area (Å²) in [6, 6.07) is 3.72. The molecule has 0 aromatic carbocycles. The first-order valence-corrected chi connectivity index (χ1v) is 10.8. The Balaban J connectivity index is 1.84. The van der Waals surface area contributed by atoms with Crippen LogP contribution in [-0.2, 0) is 17.6 Å². The van der Waals surface area contributed by atoms with Crippen molar-refractivity contribution in [1.82, 2.24) is 25.2 Å². The zero-order valence-corrected chi connectivity index (χ0v) is 19.5. The molecule has 1 N–H and O–H groups in total. The Hall–Kier alpha value is -2.74. The van der Waals surface area contributed by atoms with Gasteiger partial charge in [0.05, 0.1) is 6.54 Å². The Labute approximate surface area is 185 Å². The Kier molecular flexibility index (Phi) is 7.10. The number of amides is 1. The number of hydrogen-bond acceptors (Lipinski definition) is 7. The molecule has 0 atom stereocenters. The van der Waals surface area contributed by atoms with E-state index in [1.54, 1.807) is 6.20 Å². The van der Waals surface area contributed by atoms with Crippen molar-refractivity contribution in [2.75, 3.05) is 45.7 Å². The molecule has 1 aliphatic rings. The summed E-state index contributed by atoms with van der Waals surface area (Å²) in [4.78, 5) is 30.5. The molecule has 2 aromatic rings. The van der Waals surface area contributed by atoms with Gasteiger partial charge in [-0.05, 0) is 60.2 Å². The topological polar surface area (TPSA) is 83.5 Å². The van der Waals surface area contributed by atoms with Gasteiger partial charge in [-0.3, -0.25) is 9.78 Å². The lowest BCUT2D eigenvalue weighted by molar-refractivity contribution is -0.121. The zero-order valence-electron chi connectivity index (χ0n) is 19.5. The van der Waals surface area contributed by atoms with E-state index in [1.807, 2.05) is 58.9 Å². The fourth-order valence-electron chi connectivity index (χ4n) is 3.56. The minimum atomic E-state index is -0.270. The summed E-state index contributed by atoms with van der Waals surface area (Å²) in [6.45, 7) is 7.60. The van der Waals surface area contributed by atoms with Crippen LogP contribution in [0.2, 0.25) is 0 Å². The molecule has 2 aromatic heterocycles. The van der Waals surface area contributed by atoms with Gasteiger partial charge in [-0.2, -0.15) is 0 Å². The monoisotopic (exact) mass is 426 g/mol. The summed E-state index contributed by atoms with van der Waals surface area (Å²) in [5.74, 6) is 2.09. The van der Waals surface area contributed by atoms with Crippen LogP contribution >= 0.6 is 0 Å². The number of likely N-dealkylation sites (N-methyl/N-ethyl adjacent to an activating group) is 2. The number of nitrogens with one attached hydrogen (secondary N) is 1. The Morgan fingerprint density at radius 3 is 2.68 bits per heavy atom. The standard InChI is InChI=1S/C23H34N6O2/c1-23(2,3)27-20(30)15-29(6)22-17-8-7-9-18(17)25-21(26-22)19-14-16(10-11-24-19)31-13-12-28(4)5/h10-11,14H,7-9,12-13,15H2,1-6H3,(H,27,30). The average Bonchev–Trinajstić information content (AvgIpc) is 3.14. The first-order chi connectivity index (χ1) is 14.6. The van der Waals surface area contributed by atoms with Crippen molar-refractivity contribution < 1.29 is 9.53 Å². The summed E-state index contributed by atoms with van der Waals surface area (Å²) in [5, 5.41) is 3.01. The molecule has 168 valence electrons. The predicted molar refractivity (Wildman–Crippen MR) is 123 cm³/mol. The molecule has 8 heteroatoms. The van der Waals surface area contributed by atoms with Gasteiger partial charge in [0.1, 0.15) is 23.9 Å². The Morgan fingerprint density at radius 2 is 1.97 bits per heavy atom. The van der Waals surface area contributed by atoms with Gasteiger partial charge < -0.3 is 19.9 Å². The molecule has 1 amide bonds. The third-order valence-corrected chi connectivity index (χ3v) is 4.94. The molecule has 3 rings (SSSR count). The first kappa shape index (κ1) is 22.9. The Bertz CT molecular complexity index is 923. The van der Waals surface area contributed by atoms with E-state index < -0.39 is 0 Å². The van der Waals surface area contributed by atoms with E-state index in [4.69, 9.17) is 14.7 Å². The fourth-order valence-corrected chi connectivity index (χ4v) is 3.56. The molecule has 0 aliphatic heterocycles. The number of aryl methyl sites for hydroxylation is 1. The number of pyridine rings is 1. The van der Waals surface area contributed by atoms with E-state index >= 15 is 0 Å². The lowest BCUT2D eigenvalue weighted by Gasteiger charge is -2.25. The van der Waals surface area contributed by atoms with E-state index in [0.29, 0.717) is 18.1 Å². The summed E-state index contributed by atoms with van der Waals surface area (Å²) in [6.07, 6.45) is 4.61. The van der Waals surface area contributed by atoms with E-state index in [1.165, 1.54) is 0 Å². The highest BCUT2D eigenvalue weighted by molar-refractivity contribution is 5.82. The number of anilines is 1. The second-order valence-electron chi connectivity index (χ2n) is 9.33. The van der Waals surface area contributed by atoms with Crippen LogP contribution in [0.3, 0.4) is 0 Å². The quantitative estimate of drug-likeness (QED) is 0.693. The van der Waals surface area contributed by atoms with Crippen molar-refractivity contribution in [1.29, 1.82) is 0 Å². The third kappa shape index (κ3) is 6.37. The summed E-state index contributed by atoms with van der Waals surface area (Å²) in [5.41, 5.74) is 2.58. The van der Waals surface area contributed by atoms with Crippen LogP contribution in [0.1, 0.15) is 38.4 Å². The second kappa shape index (κ2) is 9.60. The molecular weight excluding hydrogens is 392 g/mol. The Morgan fingerprint density at radius 1 is 1.19 bits per heavy atom. The maximum atomic E-state index is 12.5. The third-order valence-electron chi connectivity index (χ3n) is 4.94. The largest absolute Gasteiger partial charge is 0.492 e. The fraction of sp³-hybridized carbons (Fsp3) is 0.565. The molecule has 31 heavy (non-hydrogen) atoms. The normalized spacial score (nSPS) is 13.3. The van der Waals surface area contributed by atoms with Crippen LogP contribution in [0.4, 0.5) is 5.82 Å². The molecule has 1 aliphatic carbocycles. The van der Waals surface area contributed by atoms with Gasteiger partial charge in [-0.25, -0.2) is 9.97 Å². The molecule has 0 fully saturated rings.